The first-order valence-electron chi connectivity index (χ1n) is 9.48. The second kappa shape index (κ2) is 9.00. The molecule has 1 aliphatic rings. The maximum Gasteiger partial charge on any atom is 0.223 e. The molecule has 3 rings (SSSR count). The maximum absolute atomic E-state index is 13.2. The molecule has 2 aromatic rings. The predicted octanol–water partition coefficient (Wildman–Crippen LogP) is 3.90. The first-order valence-corrected chi connectivity index (χ1v) is 9.48. The van der Waals surface area contributed by atoms with Crippen LogP contribution >= 0.6 is 0 Å². The summed E-state index contributed by atoms with van der Waals surface area (Å²) in [4.78, 5) is 12.5. The van der Waals surface area contributed by atoms with Crippen molar-refractivity contribution in [1.29, 1.82) is 0 Å². The lowest BCUT2D eigenvalue weighted by Crippen LogP contribution is -2.37. The Morgan fingerprint density at radius 3 is 2.37 bits per heavy atom. The van der Waals surface area contributed by atoms with Crippen molar-refractivity contribution >= 4 is 5.91 Å². The van der Waals surface area contributed by atoms with Gasteiger partial charge in [0.25, 0.3) is 0 Å². The lowest BCUT2D eigenvalue weighted by atomic mass is 9.85. The van der Waals surface area contributed by atoms with Crippen LogP contribution in [-0.2, 0) is 11.3 Å². The van der Waals surface area contributed by atoms with Gasteiger partial charge in [0.2, 0.25) is 5.91 Å². The Labute approximate surface area is 160 Å². The van der Waals surface area contributed by atoms with Gasteiger partial charge in [0.05, 0.1) is 7.11 Å². The molecule has 0 atom stereocenters. The number of halogens is 1. The zero-order valence-corrected chi connectivity index (χ0v) is 15.9. The zero-order valence-electron chi connectivity index (χ0n) is 15.9. The van der Waals surface area contributed by atoms with Crippen molar-refractivity contribution in [3.63, 3.8) is 0 Å². The Kier molecular flexibility index (Phi) is 6.45. The fraction of sp³-hybridized carbons (Fsp3) is 0.409. The lowest BCUT2D eigenvalue weighted by Gasteiger charge is -2.27. The largest absolute Gasteiger partial charge is 0.496 e. The summed E-state index contributed by atoms with van der Waals surface area (Å²) in [5.41, 5.74) is 2.81. The van der Waals surface area contributed by atoms with Gasteiger partial charge in [0.1, 0.15) is 11.6 Å². The number of rotatable bonds is 6. The number of carbonyl (C=O) groups excluding carboxylic acids is 1. The maximum atomic E-state index is 13.2. The highest BCUT2D eigenvalue weighted by Crippen LogP contribution is 2.28. The minimum atomic E-state index is -0.257. The van der Waals surface area contributed by atoms with Crippen LogP contribution in [0.15, 0.2) is 42.5 Å². The highest BCUT2D eigenvalue weighted by molar-refractivity contribution is 5.79. The van der Waals surface area contributed by atoms with Crippen molar-refractivity contribution in [2.24, 2.45) is 5.92 Å². The Morgan fingerprint density at radius 2 is 1.74 bits per heavy atom. The SMILES string of the molecule is CNC1CCC(C(=O)NCc2cc(-c3ccc(F)cc3)ccc2OC)CC1. The van der Waals surface area contributed by atoms with E-state index < -0.39 is 0 Å². The van der Waals surface area contributed by atoms with Crippen LogP contribution in [-0.4, -0.2) is 26.1 Å². The minimum absolute atomic E-state index is 0.0841. The van der Waals surface area contributed by atoms with E-state index in [1.807, 2.05) is 25.2 Å². The van der Waals surface area contributed by atoms with E-state index in [2.05, 4.69) is 10.6 Å². The molecule has 4 nitrogen and oxygen atoms in total. The summed E-state index contributed by atoms with van der Waals surface area (Å²) in [6, 6.07) is 12.7. The monoisotopic (exact) mass is 370 g/mol. The summed E-state index contributed by atoms with van der Waals surface area (Å²) in [5.74, 6) is 0.674. The van der Waals surface area contributed by atoms with Gasteiger partial charge in [0, 0.05) is 24.1 Å². The van der Waals surface area contributed by atoms with Gasteiger partial charge in [-0.1, -0.05) is 18.2 Å². The fourth-order valence-electron chi connectivity index (χ4n) is 3.71. The van der Waals surface area contributed by atoms with Gasteiger partial charge < -0.3 is 15.4 Å². The molecule has 0 saturated heterocycles. The second-order valence-corrected chi connectivity index (χ2v) is 7.09. The smallest absolute Gasteiger partial charge is 0.223 e. The average Bonchev–Trinajstić information content (AvgIpc) is 2.72. The molecule has 0 radical (unpaired) electrons. The first-order chi connectivity index (χ1) is 13.1. The Morgan fingerprint density at radius 1 is 1.07 bits per heavy atom. The average molecular weight is 370 g/mol. The molecular formula is C22H27FN2O2. The van der Waals surface area contributed by atoms with Crippen LogP contribution in [0.25, 0.3) is 11.1 Å². The number of hydrogen-bond acceptors (Lipinski definition) is 3. The van der Waals surface area contributed by atoms with Crippen molar-refractivity contribution < 1.29 is 13.9 Å². The summed E-state index contributed by atoms with van der Waals surface area (Å²) < 4.78 is 18.6. The number of hydrogen-bond donors (Lipinski definition) is 2. The van der Waals surface area contributed by atoms with Crippen molar-refractivity contribution in [2.75, 3.05) is 14.2 Å². The Hall–Kier alpha value is -2.40. The molecule has 1 saturated carbocycles. The van der Waals surface area contributed by atoms with E-state index in [1.165, 1.54) is 12.1 Å². The van der Waals surface area contributed by atoms with Gasteiger partial charge in [-0.2, -0.15) is 0 Å². The number of nitrogens with one attached hydrogen (secondary N) is 2. The molecule has 0 spiro atoms. The van der Waals surface area contributed by atoms with Gasteiger partial charge in [0.15, 0.2) is 0 Å². The molecule has 2 N–H and O–H groups in total. The molecule has 0 heterocycles. The Balaban J connectivity index is 1.67. The summed E-state index contributed by atoms with van der Waals surface area (Å²) >= 11 is 0. The van der Waals surface area contributed by atoms with E-state index in [4.69, 9.17) is 4.74 Å². The van der Waals surface area contributed by atoms with Crippen LogP contribution in [0.3, 0.4) is 0 Å². The van der Waals surface area contributed by atoms with Crippen LogP contribution in [0, 0.1) is 11.7 Å². The number of methoxy groups -OCH3 is 1. The van der Waals surface area contributed by atoms with Crippen LogP contribution in [0.2, 0.25) is 0 Å². The summed E-state index contributed by atoms with van der Waals surface area (Å²) in [6.07, 6.45) is 3.92. The van der Waals surface area contributed by atoms with E-state index >= 15 is 0 Å². The molecule has 27 heavy (non-hydrogen) atoms. The standard InChI is InChI=1S/C22H27FN2O2/c1-24-20-10-5-16(6-11-20)22(26)25-14-18-13-17(7-12-21(18)27-2)15-3-8-19(23)9-4-15/h3-4,7-9,12-13,16,20,24H,5-6,10-11,14H2,1-2H3,(H,25,26). The number of carbonyl (C=O) groups is 1. The Bertz CT molecular complexity index is 768. The number of ether oxygens (including phenoxy) is 1. The predicted molar refractivity (Wildman–Crippen MR) is 105 cm³/mol. The molecule has 0 unspecified atom stereocenters. The molecule has 1 aliphatic carbocycles. The molecule has 5 heteroatoms. The van der Waals surface area contributed by atoms with E-state index in [1.54, 1.807) is 19.2 Å². The first kappa shape index (κ1) is 19.4. The summed E-state index contributed by atoms with van der Waals surface area (Å²) in [5, 5.41) is 6.35. The fourth-order valence-corrected chi connectivity index (χ4v) is 3.71. The molecule has 1 fully saturated rings. The topological polar surface area (TPSA) is 50.4 Å². The highest BCUT2D eigenvalue weighted by atomic mass is 19.1. The summed E-state index contributed by atoms with van der Waals surface area (Å²) in [7, 11) is 3.60. The van der Waals surface area contributed by atoms with E-state index in [0.717, 1.165) is 48.1 Å². The van der Waals surface area contributed by atoms with Gasteiger partial charge in [-0.3, -0.25) is 4.79 Å². The van der Waals surface area contributed by atoms with Crippen molar-refractivity contribution in [2.45, 2.75) is 38.3 Å². The summed E-state index contributed by atoms with van der Waals surface area (Å²) in [6.45, 7) is 0.420. The number of amides is 1. The van der Waals surface area contributed by atoms with Gasteiger partial charge in [-0.05, 0) is 68.1 Å². The molecule has 0 aliphatic heterocycles. The van der Waals surface area contributed by atoms with Crippen molar-refractivity contribution in [3.05, 3.63) is 53.8 Å². The normalized spacial score (nSPS) is 19.5. The third-order valence-electron chi connectivity index (χ3n) is 5.42. The van der Waals surface area contributed by atoms with Gasteiger partial charge in [-0.15, -0.1) is 0 Å². The van der Waals surface area contributed by atoms with Crippen LogP contribution in [0.4, 0.5) is 4.39 Å². The molecule has 0 aromatic heterocycles. The third kappa shape index (κ3) is 4.86. The molecule has 2 aromatic carbocycles. The quantitative estimate of drug-likeness (QED) is 0.811. The third-order valence-corrected chi connectivity index (χ3v) is 5.42. The lowest BCUT2D eigenvalue weighted by molar-refractivity contribution is -0.126. The van der Waals surface area contributed by atoms with E-state index in [9.17, 15) is 9.18 Å². The van der Waals surface area contributed by atoms with Gasteiger partial charge in [-0.25, -0.2) is 4.39 Å². The van der Waals surface area contributed by atoms with E-state index in [0.29, 0.717) is 12.6 Å². The second-order valence-electron chi connectivity index (χ2n) is 7.09. The molecule has 144 valence electrons. The van der Waals surface area contributed by atoms with Crippen molar-refractivity contribution in [1.82, 2.24) is 10.6 Å². The number of benzene rings is 2. The zero-order chi connectivity index (χ0) is 19.2. The molecular weight excluding hydrogens is 343 g/mol. The van der Waals surface area contributed by atoms with Crippen LogP contribution in [0.5, 0.6) is 5.75 Å². The van der Waals surface area contributed by atoms with E-state index in [-0.39, 0.29) is 17.6 Å². The minimum Gasteiger partial charge on any atom is -0.496 e. The van der Waals surface area contributed by atoms with Gasteiger partial charge >= 0.3 is 0 Å². The molecule has 1 amide bonds. The van der Waals surface area contributed by atoms with Crippen molar-refractivity contribution in [3.8, 4) is 16.9 Å². The highest BCUT2D eigenvalue weighted by Gasteiger charge is 2.25. The van der Waals surface area contributed by atoms with Crippen LogP contribution in [0.1, 0.15) is 31.2 Å². The molecule has 0 bridgehead atoms. The van der Waals surface area contributed by atoms with Crippen LogP contribution < -0.4 is 15.4 Å².